The fourth-order valence-electron chi connectivity index (χ4n) is 5.61. The minimum atomic E-state index is -2.81. The minimum absolute atomic E-state index is 0.0763. The lowest BCUT2D eigenvalue weighted by Crippen LogP contribution is -2.49. The second-order valence-electron chi connectivity index (χ2n) is 11.6. The van der Waals surface area contributed by atoms with Crippen molar-refractivity contribution < 1.29 is 37.6 Å². The first-order valence-electron chi connectivity index (χ1n) is 14.2. The van der Waals surface area contributed by atoms with E-state index in [-0.39, 0.29) is 31.6 Å². The monoisotopic (exact) mass is 586 g/mol. The molecule has 3 N–H and O–H groups in total. The maximum absolute atomic E-state index is 13.8. The zero-order chi connectivity index (χ0) is 30.5. The fourth-order valence-corrected chi connectivity index (χ4v) is 5.61. The van der Waals surface area contributed by atoms with Gasteiger partial charge in [-0.3, -0.25) is 9.69 Å². The Morgan fingerprint density at radius 1 is 1.29 bits per heavy atom. The standard InChI is InChI=1S/C29H37BF2N4O6/c1-28(2,35-13-11-29(31,32)19-35)15-21(16-33)26(37)36-12-7-3-4-8-22(36)18-42-27(38)34-25(30(39)40)14-20-17-41-24-10-6-5-9-23(20)24/h5-6,9-10,15,17,22,25,39-40H,3-4,7-8,11-14,18-19H2,1-2H3,(H,34,38)/t22-,25?/m1/s1. The molecule has 3 heterocycles. The summed E-state index contributed by atoms with van der Waals surface area (Å²) in [5.74, 6) is -4.44. The normalized spacial score (nSPS) is 20.5. The molecule has 0 bridgehead atoms. The highest BCUT2D eigenvalue weighted by Gasteiger charge is 2.43. The molecular formula is C29H37BF2N4O6. The first-order chi connectivity index (χ1) is 19.9. The van der Waals surface area contributed by atoms with Crippen molar-refractivity contribution in [3.8, 4) is 6.07 Å². The van der Waals surface area contributed by atoms with Crippen molar-refractivity contribution >= 4 is 30.1 Å². The number of alkyl halides is 2. The second-order valence-corrected chi connectivity index (χ2v) is 11.6. The highest BCUT2D eigenvalue weighted by atomic mass is 19.3. The van der Waals surface area contributed by atoms with E-state index in [0.29, 0.717) is 30.5 Å². The van der Waals surface area contributed by atoms with E-state index in [9.17, 15) is 33.7 Å². The number of furan rings is 1. The number of likely N-dealkylation sites (tertiary alicyclic amines) is 2. The number of benzene rings is 1. The first-order valence-corrected chi connectivity index (χ1v) is 14.2. The van der Waals surface area contributed by atoms with Crippen LogP contribution in [0.3, 0.4) is 0 Å². The molecule has 1 aromatic carbocycles. The maximum atomic E-state index is 13.8. The summed E-state index contributed by atoms with van der Waals surface area (Å²) in [6.45, 7) is 3.29. The Hall–Kier alpha value is -3.47. The molecule has 2 aliphatic rings. The van der Waals surface area contributed by atoms with E-state index in [1.807, 2.05) is 24.3 Å². The van der Waals surface area contributed by atoms with Crippen LogP contribution in [0.5, 0.6) is 0 Å². The van der Waals surface area contributed by atoms with Gasteiger partial charge in [-0.2, -0.15) is 5.26 Å². The smallest absolute Gasteiger partial charge is 0.464 e. The van der Waals surface area contributed by atoms with Crippen molar-refractivity contribution in [3.63, 3.8) is 0 Å². The minimum Gasteiger partial charge on any atom is -0.464 e. The van der Waals surface area contributed by atoms with E-state index >= 15 is 0 Å². The third-order valence-corrected chi connectivity index (χ3v) is 8.04. The zero-order valence-corrected chi connectivity index (χ0v) is 23.9. The van der Waals surface area contributed by atoms with Gasteiger partial charge in [0.05, 0.1) is 24.8 Å². The van der Waals surface area contributed by atoms with Gasteiger partial charge in [-0.1, -0.05) is 31.0 Å². The Morgan fingerprint density at radius 2 is 2.05 bits per heavy atom. The largest absolute Gasteiger partial charge is 0.475 e. The molecule has 2 aliphatic heterocycles. The van der Waals surface area contributed by atoms with Crippen LogP contribution >= 0.6 is 0 Å². The van der Waals surface area contributed by atoms with Crippen LogP contribution in [0.4, 0.5) is 13.6 Å². The van der Waals surface area contributed by atoms with E-state index in [2.05, 4.69) is 5.32 Å². The van der Waals surface area contributed by atoms with Crippen molar-refractivity contribution in [1.29, 1.82) is 5.26 Å². The fraction of sp³-hybridized carbons (Fsp3) is 0.552. The van der Waals surface area contributed by atoms with E-state index < -0.39 is 49.1 Å². The van der Waals surface area contributed by atoms with Crippen LogP contribution in [0, 0.1) is 11.3 Å². The summed E-state index contributed by atoms with van der Waals surface area (Å²) in [5, 5.41) is 32.9. The molecule has 10 nitrogen and oxygen atoms in total. The van der Waals surface area contributed by atoms with E-state index in [1.54, 1.807) is 24.8 Å². The third-order valence-electron chi connectivity index (χ3n) is 8.04. The van der Waals surface area contributed by atoms with Gasteiger partial charge >= 0.3 is 13.2 Å². The molecule has 0 aliphatic carbocycles. The molecule has 0 saturated carbocycles. The number of para-hydroxylation sites is 1. The lowest BCUT2D eigenvalue weighted by atomic mass is 9.76. The predicted molar refractivity (Wildman–Crippen MR) is 151 cm³/mol. The molecule has 2 fully saturated rings. The summed E-state index contributed by atoms with van der Waals surface area (Å²) in [4.78, 5) is 29.3. The summed E-state index contributed by atoms with van der Waals surface area (Å²) in [7, 11) is -1.87. The summed E-state index contributed by atoms with van der Waals surface area (Å²) >= 11 is 0. The van der Waals surface area contributed by atoms with Gasteiger partial charge in [0, 0.05) is 30.4 Å². The zero-order valence-electron chi connectivity index (χ0n) is 23.9. The molecule has 2 aromatic rings. The number of halogens is 2. The highest BCUT2D eigenvalue weighted by molar-refractivity contribution is 6.43. The van der Waals surface area contributed by atoms with E-state index in [1.165, 1.54) is 17.2 Å². The lowest BCUT2D eigenvalue weighted by Gasteiger charge is -2.34. The number of carbonyl (C=O) groups excluding carboxylic acids is 2. The molecule has 4 rings (SSSR count). The third kappa shape index (κ3) is 7.67. The highest BCUT2D eigenvalue weighted by Crippen LogP contribution is 2.33. The topological polar surface area (TPSA) is 139 Å². The predicted octanol–water partition coefficient (Wildman–Crippen LogP) is 3.42. The van der Waals surface area contributed by atoms with Gasteiger partial charge in [0.25, 0.3) is 11.8 Å². The molecule has 226 valence electrons. The first kappa shape index (κ1) is 31.5. The molecule has 42 heavy (non-hydrogen) atoms. The van der Waals surface area contributed by atoms with Gasteiger partial charge in [0.1, 0.15) is 23.8 Å². The number of fused-ring (bicyclic) bond motifs is 1. The van der Waals surface area contributed by atoms with Gasteiger partial charge in [-0.25, -0.2) is 13.6 Å². The van der Waals surface area contributed by atoms with Gasteiger partial charge in [0.15, 0.2) is 0 Å². The summed E-state index contributed by atoms with van der Waals surface area (Å²) < 4.78 is 38.6. The number of alkyl carbamates (subject to hydrolysis) is 1. The van der Waals surface area contributed by atoms with Crippen molar-refractivity contribution in [3.05, 3.63) is 47.7 Å². The molecule has 0 spiro atoms. The Kier molecular flexibility index (Phi) is 9.91. The van der Waals surface area contributed by atoms with Crippen LogP contribution in [0.2, 0.25) is 0 Å². The molecule has 2 atom stereocenters. The number of nitrogens with one attached hydrogen (secondary N) is 1. The molecule has 1 unspecified atom stereocenters. The van der Waals surface area contributed by atoms with Crippen LogP contribution in [-0.2, 0) is 16.0 Å². The van der Waals surface area contributed by atoms with Crippen molar-refractivity contribution in [2.45, 2.75) is 75.8 Å². The lowest BCUT2D eigenvalue weighted by molar-refractivity contribution is -0.129. The molecule has 13 heteroatoms. The van der Waals surface area contributed by atoms with Gasteiger partial charge in [-0.15, -0.1) is 0 Å². The number of carbonyl (C=O) groups is 2. The Balaban J connectivity index is 1.41. The Morgan fingerprint density at radius 3 is 2.74 bits per heavy atom. The number of nitriles is 1. The van der Waals surface area contributed by atoms with Crippen molar-refractivity contribution in [2.75, 3.05) is 26.2 Å². The average Bonchev–Trinajstić information content (AvgIpc) is 3.44. The Bertz CT molecular complexity index is 1340. The molecule has 2 saturated heterocycles. The van der Waals surface area contributed by atoms with Crippen LogP contribution in [0.1, 0.15) is 51.5 Å². The summed E-state index contributed by atoms with van der Waals surface area (Å²) in [6.07, 6.45) is 4.73. The van der Waals surface area contributed by atoms with Crippen LogP contribution in [0.25, 0.3) is 11.0 Å². The number of amides is 2. The van der Waals surface area contributed by atoms with Gasteiger partial charge in [0.2, 0.25) is 0 Å². The van der Waals surface area contributed by atoms with E-state index in [0.717, 1.165) is 18.2 Å². The number of hydrogen-bond donors (Lipinski definition) is 3. The van der Waals surface area contributed by atoms with Gasteiger partial charge < -0.3 is 29.4 Å². The van der Waals surface area contributed by atoms with E-state index in [4.69, 9.17) is 9.15 Å². The molecule has 2 amide bonds. The number of nitrogens with zero attached hydrogens (tertiary/aromatic N) is 3. The molecular weight excluding hydrogens is 549 g/mol. The molecule has 0 radical (unpaired) electrons. The summed E-state index contributed by atoms with van der Waals surface area (Å²) in [6, 6.07) is 8.69. The van der Waals surface area contributed by atoms with Crippen molar-refractivity contribution in [2.24, 2.45) is 0 Å². The average molecular weight is 586 g/mol. The number of hydrogen-bond acceptors (Lipinski definition) is 8. The molecule has 1 aromatic heterocycles. The number of rotatable bonds is 9. The maximum Gasteiger partial charge on any atom is 0.475 e. The summed E-state index contributed by atoms with van der Waals surface area (Å²) in [5.41, 5.74) is 0.217. The Labute approximate surface area is 244 Å². The SMILES string of the molecule is CC(C)(C=C(C#N)C(=O)N1CCCCC[C@@H]1COC(=O)NC(Cc1coc2ccccc12)B(O)O)N1CCC(F)(F)C1. The van der Waals surface area contributed by atoms with Crippen molar-refractivity contribution in [1.82, 2.24) is 15.1 Å². The second kappa shape index (κ2) is 13.2. The van der Waals surface area contributed by atoms with Crippen LogP contribution in [0.15, 0.2) is 46.6 Å². The van der Waals surface area contributed by atoms with Gasteiger partial charge in [-0.05, 0) is 50.8 Å². The quantitative estimate of drug-likeness (QED) is 0.231. The number of ether oxygens (including phenoxy) is 1. The van der Waals surface area contributed by atoms with Crippen LogP contribution < -0.4 is 5.32 Å². The van der Waals surface area contributed by atoms with Crippen LogP contribution in [-0.4, -0.2) is 88.7 Å².